The summed E-state index contributed by atoms with van der Waals surface area (Å²) in [5, 5.41) is 15.5. The first-order valence-electron chi connectivity index (χ1n) is 51.7. The van der Waals surface area contributed by atoms with Crippen LogP contribution in [-0.2, 0) is 16.2 Å². The predicted octanol–water partition coefficient (Wildman–Crippen LogP) is 35.5. The molecule has 3 aliphatic carbocycles. The molecule has 10 nitrogen and oxygen atoms in total. The largest absolute Gasteiger partial charge is 0.309 e. The first-order valence-corrected chi connectivity index (χ1v) is 51.7. The lowest BCUT2D eigenvalue weighted by Crippen LogP contribution is -2.23. The zero-order valence-corrected chi connectivity index (χ0v) is 83.7. The zero-order valence-electron chi connectivity index (χ0n) is 83.7. The molecule has 0 saturated carbocycles. The Hall–Kier alpha value is -19.0. The molecule has 6 heterocycles. The van der Waals surface area contributed by atoms with Crippen LogP contribution in [0.2, 0.25) is 0 Å². The van der Waals surface area contributed by atoms with Gasteiger partial charge in [-0.3, -0.25) is 0 Å². The van der Waals surface area contributed by atoms with Crippen molar-refractivity contribution in [3.63, 3.8) is 0 Å². The average molecular weight is 1920 g/mol. The molecule has 3 aliphatic rings. The number of hydrogen-bond donors (Lipinski definition) is 0. The minimum Gasteiger partial charge on any atom is -0.309 e. The van der Waals surface area contributed by atoms with E-state index in [1.54, 1.807) is 0 Å². The first-order chi connectivity index (χ1) is 73.7. The van der Waals surface area contributed by atoms with Crippen molar-refractivity contribution in [2.45, 2.75) is 57.8 Å². The fourth-order valence-electron chi connectivity index (χ4n) is 24.4. The summed E-state index contributed by atoms with van der Waals surface area (Å²) in [6, 6.07) is 173. The highest BCUT2D eigenvalue weighted by Gasteiger charge is 2.40. The third-order valence-electron chi connectivity index (χ3n) is 31.6. The van der Waals surface area contributed by atoms with E-state index in [0.717, 1.165) is 95.7 Å². The topological polar surface area (TPSA) is 105 Å². The molecule has 0 saturated heterocycles. The minimum absolute atomic E-state index is 0.107. The third kappa shape index (κ3) is 14.4. The van der Waals surface area contributed by atoms with E-state index in [1.807, 2.05) is 97.1 Å². The fourth-order valence-corrected chi connectivity index (χ4v) is 24.4. The standard InChI is InChI=1S/2C47H33N3.C46H32N4/c1-47(2)38-21-11-9-20-36(38)44-43-33(18-13-22-39(43)47)28-37-35-19-10-12-23-42(35)50(45(37)44)34-26-24-31(25-27-34)41-29-40(30-14-5-3-6-15-30)48-46(49-41)32-16-7-4-8-17-32;1-47(2)38-21-11-9-20-36(38)44-43-33(18-13-22-39(43)47)28-37-35-19-10-12-23-42(35)50(45(37)44)34-26-24-32(25-27-34)46-48-40(30-14-5-3-6-15-30)29-41(49-46)31-16-7-4-8-17-31;1-46(2)37-21-11-9-20-35(37)41-40-32(18-13-22-38(40)46)28-36-34-19-10-12-23-39(34)50(42(36)41)33-26-24-31(25-27-33)45-48-43(29-14-5-3-6-15-29)47-44(49-45)30-16-7-4-8-17-30/h2*3-29H,1-2H3;3-28H,1-2H3. The Morgan fingerprint density at radius 1 is 0.167 bits per heavy atom. The van der Waals surface area contributed by atoms with Crippen molar-refractivity contribution < 1.29 is 0 Å². The highest BCUT2D eigenvalue weighted by molar-refractivity contribution is 6.26. The van der Waals surface area contributed by atoms with Gasteiger partial charge in [-0.15, -0.1) is 0 Å². The van der Waals surface area contributed by atoms with Crippen molar-refractivity contribution in [3.8, 4) is 152 Å². The number of para-hydroxylation sites is 3. The van der Waals surface area contributed by atoms with Crippen LogP contribution in [0.1, 0.15) is 74.9 Å². The van der Waals surface area contributed by atoms with E-state index in [2.05, 4.69) is 443 Å². The Bertz CT molecular complexity index is 9020. The molecule has 0 aliphatic heterocycles. The van der Waals surface area contributed by atoms with Crippen LogP contribution in [0.5, 0.6) is 0 Å². The molecule has 6 aromatic heterocycles. The Balaban J connectivity index is 0.000000108. The molecule has 0 fully saturated rings. The smallest absolute Gasteiger partial charge is 0.164 e. The lowest BCUT2D eigenvalue weighted by molar-refractivity contribution is 0.645. The summed E-state index contributed by atoms with van der Waals surface area (Å²) in [7, 11) is 0. The molecule has 0 unspecified atom stereocenters. The van der Waals surface area contributed by atoms with Crippen LogP contribution in [0, 0.1) is 0 Å². The molecule has 0 amide bonds. The Morgan fingerprint density at radius 2 is 0.380 bits per heavy atom. The molecule has 0 radical (unpaired) electrons. The molecule has 0 spiro atoms. The quantitative estimate of drug-likeness (QED) is 0.120. The molecule has 27 aromatic rings. The minimum atomic E-state index is -0.114. The van der Waals surface area contributed by atoms with Gasteiger partial charge in [0, 0.05) is 132 Å². The van der Waals surface area contributed by atoms with Crippen molar-refractivity contribution in [1.29, 1.82) is 0 Å². The summed E-state index contributed by atoms with van der Waals surface area (Å²) in [5.74, 6) is 3.39. The number of benzene rings is 21. The molecular weight excluding hydrogens is 1820 g/mol. The molecule has 0 atom stereocenters. The van der Waals surface area contributed by atoms with E-state index in [0.29, 0.717) is 23.3 Å². The van der Waals surface area contributed by atoms with Gasteiger partial charge in [-0.1, -0.05) is 418 Å². The van der Waals surface area contributed by atoms with Crippen LogP contribution >= 0.6 is 0 Å². The second kappa shape index (κ2) is 35.2. The van der Waals surface area contributed by atoms with Gasteiger partial charge in [-0.2, -0.15) is 0 Å². The summed E-state index contributed by atoms with van der Waals surface area (Å²) in [6.45, 7) is 14.2. The predicted molar refractivity (Wildman–Crippen MR) is 621 cm³/mol. The van der Waals surface area contributed by atoms with Crippen LogP contribution < -0.4 is 0 Å². The van der Waals surface area contributed by atoms with Crippen molar-refractivity contribution in [1.82, 2.24) is 48.6 Å². The van der Waals surface area contributed by atoms with Gasteiger partial charge in [0.05, 0.1) is 55.9 Å². The molecular formula is C140H98N10. The molecule has 708 valence electrons. The lowest BCUT2D eigenvalue weighted by Gasteiger charge is -2.35. The molecule has 150 heavy (non-hydrogen) atoms. The Labute approximate surface area is 869 Å². The van der Waals surface area contributed by atoms with Gasteiger partial charge in [0.2, 0.25) is 0 Å². The van der Waals surface area contributed by atoms with Crippen LogP contribution in [0.25, 0.3) is 250 Å². The maximum Gasteiger partial charge on any atom is 0.164 e. The van der Waals surface area contributed by atoms with Gasteiger partial charge >= 0.3 is 0 Å². The first kappa shape index (κ1) is 88.7. The lowest BCUT2D eigenvalue weighted by atomic mass is 9.68. The number of nitrogens with zero attached hydrogens (tertiary/aromatic N) is 10. The molecule has 21 aromatic carbocycles. The molecule has 0 bridgehead atoms. The monoisotopic (exact) mass is 1920 g/mol. The number of fused-ring (bicyclic) bond motifs is 18. The highest BCUT2D eigenvalue weighted by Crippen LogP contribution is 2.58. The number of rotatable bonds is 12. The van der Waals surface area contributed by atoms with Gasteiger partial charge in [-0.25, -0.2) is 34.9 Å². The van der Waals surface area contributed by atoms with Crippen LogP contribution in [-0.4, -0.2) is 48.6 Å². The summed E-state index contributed by atoms with van der Waals surface area (Å²) in [4.78, 5) is 35.1. The van der Waals surface area contributed by atoms with E-state index < -0.39 is 0 Å². The summed E-state index contributed by atoms with van der Waals surface area (Å²) in [6.07, 6.45) is 0. The van der Waals surface area contributed by atoms with Gasteiger partial charge in [0.1, 0.15) is 0 Å². The van der Waals surface area contributed by atoms with E-state index in [9.17, 15) is 0 Å². The van der Waals surface area contributed by atoms with Crippen LogP contribution in [0.15, 0.2) is 485 Å². The van der Waals surface area contributed by atoms with E-state index in [-0.39, 0.29) is 16.2 Å². The van der Waals surface area contributed by atoms with Crippen molar-refractivity contribution >= 4 is 97.7 Å². The van der Waals surface area contributed by atoms with E-state index in [4.69, 9.17) is 34.9 Å². The van der Waals surface area contributed by atoms with Gasteiger partial charge in [0.15, 0.2) is 29.1 Å². The molecule has 30 rings (SSSR count). The Kier molecular flexibility index (Phi) is 20.8. The zero-order chi connectivity index (χ0) is 100. The SMILES string of the molecule is CC1(C)c2ccccc2-c2c3c1cccc3cc1c3ccccc3n(-c3ccc(-c4cc(-c5ccccc5)nc(-c5ccccc5)n4)cc3)c21.CC1(C)c2ccccc2-c2c3c1cccc3cc1c3ccccc3n(-c3ccc(-c4nc(-c5ccccc5)cc(-c5ccccc5)n4)cc3)c21.CC1(C)c2ccccc2-c2c3c1cccc3cc1c3ccccc3n(-c3ccc(-c4nc(-c5ccccc5)nc(-c5ccccc5)n4)cc3)c21. The molecule has 0 N–H and O–H groups in total. The summed E-state index contributed by atoms with van der Waals surface area (Å²) < 4.78 is 7.39. The second-order valence-corrected chi connectivity index (χ2v) is 41.3. The Morgan fingerprint density at radius 3 is 0.660 bits per heavy atom. The van der Waals surface area contributed by atoms with Crippen molar-refractivity contribution in [3.05, 3.63) is 519 Å². The number of hydrogen-bond acceptors (Lipinski definition) is 7. The van der Waals surface area contributed by atoms with Crippen molar-refractivity contribution in [2.75, 3.05) is 0 Å². The highest BCUT2D eigenvalue weighted by atomic mass is 15.0. The molecule has 10 heteroatoms. The number of aromatic nitrogens is 10. The van der Waals surface area contributed by atoms with Gasteiger partial charge < -0.3 is 13.7 Å². The normalized spacial score (nSPS) is 13.2. The summed E-state index contributed by atoms with van der Waals surface area (Å²) >= 11 is 0. The fraction of sp³-hybridized carbons (Fsp3) is 0.0643. The summed E-state index contributed by atoms with van der Waals surface area (Å²) in [5.41, 5.74) is 39.1. The van der Waals surface area contributed by atoms with Gasteiger partial charge in [-0.05, 0) is 192 Å². The average Bonchev–Trinajstić information content (AvgIpc) is 1.46. The maximum absolute atomic E-state index is 5.09. The second-order valence-electron chi connectivity index (χ2n) is 41.3. The van der Waals surface area contributed by atoms with E-state index >= 15 is 0 Å². The van der Waals surface area contributed by atoms with E-state index in [1.165, 1.54) is 164 Å². The van der Waals surface area contributed by atoms with Crippen molar-refractivity contribution in [2.24, 2.45) is 0 Å². The van der Waals surface area contributed by atoms with Crippen LogP contribution in [0.4, 0.5) is 0 Å². The van der Waals surface area contributed by atoms with Crippen LogP contribution in [0.3, 0.4) is 0 Å². The van der Waals surface area contributed by atoms with Gasteiger partial charge in [0.25, 0.3) is 0 Å². The maximum atomic E-state index is 5.09. The third-order valence-corrected chi connectivity index (χ3v) is 31.6.